The molecule has 0 amide bonds. The van der Waals surface area contributed by atoms with E-state index in [1.54, 1.807) is 0 Å². The third-order valence-electron chi connectivity index (χ3n) is 1.74. The molecule has 0 aromatic carbocycles. The molecule has 6 heteroatoms. The van der Waals surface area contributed by atoms with Crippen molar-refractivity contribution >= 4 is 5.97 Å². The zero-order chi connectivity index (χ0) is 10.0. The molecule has 0 aliphatic carbocycles. The Balaban J connectivity index is 2.53. The van der Waals surface area contributed by atoms with Crippen LogP contribution in [-0.2, 0) is 14.3 Å². The van der Waals surface area contributed by atoms with E-state index in [4.69, 9.17) is 14.9 Å². The molecule has 0 bridgehead atoms. The van der Waals surface area contributed by atoms with Crippen molar-refractivity contribution in [3.05, 3.63) is 0 Å². The molecule has 3 N–H and O–H groups in total. The van der Waals surface area contributed by atoms with Crippen LogP contribution < -0.4 is 0 Å². The highest BCUT2D eigenvalue weighted by Gasteiger charge is 2.39. The number of aliphatic hydroxyl groups excluding tert-OH is 3. The van der Waals surface area contributed by atoms with Crippen molar-refractivity contribution in [3.8, 4) is 0 Å². The van der Waals surface area contributed by atoms with E-state index in [0.29, 0.717) is 0 Å². The average Bonchev–Trinajstić information content (AvgIpc) is 2.06. The molecule has 1 rings (SSSR count). The second-order valence-corrected chi connectivity index (χ2v) is 2.86. The highest BCUT2D eigenvalue weighted by Crippen LogP contribution is 2.16. The second-order valence-electron chi connectivity index (χ2n) is 2.86. The van der Waals surface area contributed by atoms with Gasteiger partial charge in [-0.15, -0.1) is 0 Å². The first kappa shape index (κ1) is 10.4. The van der Waals surface area contributed by atoms with Gasteiger partial charge in [-0.05, 0) is 0 Å². The number of carbonyl (C=O) groups is 1. The molecule has 1 saturated heterocycles. The molecule has 1 aliphatic heterocycles. The van der Waals surface area contributed by atoms with Crippen molar-refractivity contribution < 1.29 is 29.6 Å². The minimum Gasteiger partial charge on any atom is -0.433 e. The Bertz CT molecular complexity index is 193. The van der Waals surface area contributed by atoms with Crippen molar-refractivity contribution in [2.75, 3.05) is 6.61 Å². The average molecular weight is 192 g/mol. The molecule has 13 heavy (non-hydrogen) atoms. The van der Waals surface area contributed by atoms with Gasteiger partial charge in [0.1, 0.15) is 18.3 Å². The summed E-state index contributed by atoms with van der Waals surface area (Å²) in [6, 6.07) is 0. The summed E-state index contributed by atoms with van der Waals surface area (Å²) in [5, 5.41) is 27.4. The zero-order valence-corrected chi connectivity index (χ0v) is 7.08. The molecule has 76 valence electrons. The summed E-state index contributed by atoms with van der Waals surface area (Å²) in [5.41, 5.74) is 0. The fourth-order valence-corrected chi connectivity index (χ4v) is 1.05. The number of aliphatic hydroxyl groups is 3. The summed E-state index contributed by atoms with van der Waals surface area (Å²) in [4.78, 5) is 10.5. The van der Waals surface area contributed by atoms with Crippen LogP contribution in [-0.4, -0.2) is 52.5 Å². The van der Waals surface area contributed by atoms with Crippen LogP contribution >= 0.6 is 0 Å². The summed E-state index contributed by atoms with van der Waals surface area (Å²) in [6.45, 7) is 0.990. The zero-order valence-electron chi connectivity index (χ0n) is 7.08. The monoisotopic (exact) mass is 192 g/mol. The van der Waals surface area contributed by atoms with Crippen molar-refractivity contribution in [2.24, 2.45) is 0 Å². The number of carbonyl (C=O) groups excluding carboxylic acids is 1. The molecule has 1 aliphatic rings. The molecule has 0 unspecified atom stereocenters. The molecule has 0 radical (unpaired) electrons. The quantitative estimate of drug-likeness (QED) is 0.415. The van der Waals surface area contributed by atoms with Gasteiger partial charge in [0.2, 0.25) is 6.29 Å². The normalized spacial score (nSPS) is 40.0. The van der Waals surface area contributed by atoms with Crippen LogP contribution in [0, 0.1) is 0 Å². The molecule has 1 heterocycles. The fourth-order valence-electron chi connectivity index (χ4n) is 1.05. The lowest BCUT2D eigenvalue weighted by Crippen LogP contribution is -2.54. The minimum absolute atomic E-state index is 0.170. The number of hydrogen-bond acceptors (Lipinski definition) is 6. The molecular weight excluding hydrogens is 180 g/mol. The van der Waals surface area contributed by atoms with E-state index in [1.165, 1.54) is 0 Å². The fraction of sp³-hybridized carbons (Fsp3) is 0.857. The van der Waals surface area contributed by atoms with Crippen LogP contribution in [0.2, 0.25) is 0 Å². The molecule has 6 nitrogen and oxygen atoms in total. The van der Waals surface area contributed by atoms with Crippen molar-refractivity contribution in [1.82, 2.24) is 0 Å². The van der Waals surface area contributed by atoms with E-state index in [1.807, 2.05) is 0 Å². The Labute approximate surface area is 74.7 Å². The summed E-state index contributed by atoms with van der Waals surface area (Å²) in [5.74, 6) is -0.618. The van der Waals surface area contributed by atoms with Gasteiger partial charge in [-0.1, -0.05) is 0 Å². The van der Waals surface area contributed by atoms with Crippen LogP contribution in [0.15, 0.2) is 0 Å². The van der Waals surface area contributed by atoms with Gasteiger partial charge in [-0.2, -0.15) is 0 Å². The van der Waals surface area contributed by atoms with E-state index in [2.05, 4.69) is 4.74 Å². The van der Waals surface area contributed by atoms with E-state index < -0.39 is 30.6 Å². The third-order valence-corrected chi connectivity index (χ3v) is 1.74. The van der Waals surface area contributed by atoms with Crippen LogP contribution in [0.1, 0.15) is 6.92 Å². The summed E-state index contributed by atoms with van der Waals surface area (Å²) < 4.78 is 9.32. The lowest BCUT2D eigenvalue weighted by molar-refractivity contribution is -0.261. The van der Waals surface area contributed by atoms with Gasteiger partial charge in [-0.3, -0.25) is 4.79 Å². The van der Waals surface area contributed by atoms with Gasteiger partial charge in [0.05, 0.1) is 6.61 Å². The second kappa shape index (κ2) is 4.01. The van der Waals surface area contributed by atoms with Crippen LogP contribution in [0.25, 0.3) is 0 Å². The molecule has 0 saturated carbocycles. The molecule has 0 aromatic heterocycles. The van der Waals surface area contributed by atoms with E-state index >= 15 is 0 Å². The van der Waals surface area contributed by atoms with Crippen molar-refractivity contribution in [2.45, 2.75) is 31.5 Å². The molecule has 0 spiro atoms. The Morgan fingerprint density at radius 1 is 1.38 bits per heavy atom. The van der Waals surface area contributed by atoms with E-state index in [9.17, 15) is 9.90 Å². The summed E-state index contributed by atoms with van der Waals surface area (Å²) in [7, 11) is 0. The lowest BCUT2D eigenvalue weighted by Gasteiger charge is -2.34. The highest BCUT2D eigenvalue weighted by atomic mass is 16.7. The number of esters is 1. The highest BCUT2D eigenvalue weighted by molar-refractivity contribution is 5.66. The molecule has 0 aromatic rings. The predicted molar refractivity (Wildman–Crippen MR) is 39.5 cm³/mol. The van der Waals surface area contributed by atoms with Crippen LogP contribution in [0.5, 0.6) is 0 Å². The third kappa shape index (κ3) is 2.38. The first-order valence-electron chi connectivity index (χ1n) is 3.85. The summed E-state index contributed by atoms with van der Waals surface area (Å²) >= 11 is 0. The largest absolute Gasteiger partial charge is 0.433 e. The maximum Gasteiger partial charge on any atom is 0.305 e. The summed E-state index contributed by atoms with van der Waals surface area (Å²) in [6.07, 6.45) is -5.11. The van der Waals surface area contributed by atoms with E-state index in [-0.39, 0.29) is 6.61 Å². The number of rotatable bonds is 1. The van der Waals surface area contributed by atoms with E-state index in [0.717, 1.165) is 6.92 Å². The Morgan fingerprint density at radius 2 is 2.00 bits per heavy atom. The number of hydrogen-bond donors (Lipinski definition) is 3. The van der Waals surface area contributed by atoms with Gasteiger partial charge in [0, 0.05) is 6.92 Å². The SMILES string of the molecule is CC(=O)O[C@@H]1OC[C@@H](O)[C@H](O)[C@H]1O. The van der Waals surface area contributed by atoms with Crippen molar-refractivity contribution in [3.63, 3.8) is 0 Å². The van der Waals surface area contributed by atoms with Gasteiger partial charge in [-0.25, -0.2) is 0 Å². The Kier molecular flexibility index (Phi) is 3.21. The maximum atomic E-state index is 10.5. The lowest BCUT2D eigenvalue weighted by atomic mass is 10.1. The Hall–Kier alpha value is -0.690. The molecule has 1 fully saturated rings. The van der Waals surface area contributed by atoms with Gasteiger partial charge in [0.25, 0.3) is 0 Å². The van der Waals surface area contributed by atoms with Gasteiger partial charge in [0.15, 0.2) is 0 Å². The Morgan fingerprint density at radius 3 is 2.54 bits per heavy atom. The first-order valence-corrected chi connectivity index (χ1v) is 3.85. The van der Waals surface area contributed by atoms with Gasteiger partial charge < -0.3 is 24.8 Å². The topological polar surface area (TPSA) is 96.2 Å². The molecular formula is C7H12O6. The standard InChI is InChI=1S/C7H12O6/c1-3(8)13-7-6(11)5(10)4(9)2-12-7/h4-7,9-11H,2H2,1H3/t4-,5+,6-,7+/m1/s1. The predicted octanol–water partition coefficient (Wildman–Crippen LogP) is -2.01. The molecule has 4 atom stereocenters. The van der Waals surface area contributed by atoms with Crippen LogP contribution in [0.4, 0.5) is 0 Å². The maximum absolute atomic E-state index is 10.5. The first-order chi connectivity index (χ1) is 6.02. The van der Waals surface area contributed by atoms with Crippen LogP contribution in [0.3, 0.4) is 0 Å². The van der Waals surface area contributed by atoms with Gasteiger partial charge >= 0.3 is 5.97 Å². The van der Waals surface area contributed by atoms with Crippen molar-refractivity contribution in [1.29, 1.82) is 0 Å². The number of ether oxygens (including phenoxy) is 2. The smallest absolute Gasteiger partial charge is 0.305 e. The minimum atomic E-state index is -1.41.